The maximum atomic E-state index is 13.6. The number of rotatable bonds is 3. The largest absolute Gasteiger partial charge is 0.467 e. The molecule has 1 aliphatic heterocycles. The van der Waals surface area contributed by atoms with Gasteiger partial charge in [0.2, 0.25) is 0 Å². The van der Waals surface area contributed by atoms with E-state index in [9.17, 15) is 22.4 Å². The number of halogens is 4. The van der Waals surface area contributed by atoms with Crippen molar-refractivity contribution in [1.29, 1.82) is 0 Å². The van der Waals surface area contributed by atoms with Crippen LogP contribution in [0.4, 0.5) is 29.1 Å². The second kappa shape index (κ2) is 6.70. The minimum atomic E-state index is -4.56. The Balaban J connectivity index is 1.63. The molecule has 0 aliphatic carbocycles. The van der Waals surface area contributed by atoms with Crippen LogP contribution in [-0.2, 0) is 0 Å². The summed E-state index contributed by atoms with van der Waals surface area (Å²) in [5.41, 5.74) is 0.104. The number of benzene rings is 1. The van der Waals surface area contributed by atoms with E-state index in [1.807, 2.05) is 0 Å². The maximum Gasteiger partial charge on any atom is 0.410 e. The summed E-state index contributed by atoms with van der Waals surface area (Å²) in [6.45, 7) is 0. The van der Waals surface area contributed by atoms with Gasteiger partial charge in [0.25, 0.3) is 5.91 Å². The molecule has 4 rings (SSSR count). The van der Waals surface area contributed by atoms with E-state index in [1.165, 1.54) is 24.5 Å². The number of carbonyl (C=O) groups excluding carboxylic acids is 1. The highest BCUT2D eigenvalue weighted by Crippen LogP contribution is 2.43. The summed E-state index contributed by atoms with van der Waals surface area (Å²) in [6, 6.07) is 6.79. The molecule has 10 heteroatoms. The van der Waals surface area contributed by atoms with E-state index in [0.717, 1.165) is 16.8 Å². The smallest absolute Gasteiger partial charge is 0.410 e. The van der Waals surface area contributed by atoms with Crippen molar-refractivity contribution in [3.05, 3.63) is 66.0 Å². The van der Waals surface area contributed by atoms with Crippen LogP contribution in [0.5, 0.6) is 0 Å². The number of aromatic nitrogens is 2. The van der Waals surface area contributed by atoms with Crippen LogP contribution in [0.25, 0.3) is 0 Å². The SMILES string of the molecule is O=C(Nc1ccc(F)cc1)c1cc2n(n1)[C@@H](C(F)(F)F)C[C@@H](c1ccco1)N2. The number of nitrogens with zero attached hydrogens (tertiary/aromatic N) is 2. The summed E-state index contributed by atoms with van der Waals surface area (Å²) in [4.78, 5) is 12.4. The zero-order chi connectivity index (χ0) is 19.9. The molecule has 1 amide bonds. The highest BCUT2D eigenvalue weighted by atomic mass is 19.4. The van der Waals surface area contributed by atoms with Gasteiger partial charge >= 0.3 is 6.18 Å². The summed E-state index contributed by atoms with van der Waals surface area (Å²) < 4.78 is 59.7. The van der Waals surface area contributed by atoms with Crippen LogP contribution in [0.1, 0.15) is 34.8 Å². The van der Waals surface area contributed by atoms with E-state index in [2.05, 4.69) is 15.7 Å². The number of alkyl halides is 3. The lowest BCUT2D eigenvalue weighted by Crippen LogP contribution is -2.35. The summed E-state index contributed by atoms with van der Waals surface area (Å²) in [6.07, 6.45) is -3.50. The van der Waals surface area contributed by atoms with E-state index in [4.69, 9.17) is 4.42 Å². The quantitative estimate of drug-likeness (QED) is 0.641. The van der Waals surface area contributed by atoms with Crippen molar-refractivity contribution in [3.63, 3.8) is 0 Å². The lowest BCUT2D eigenvalue weighted by molar-refractivity contribution is -0.174. The standard InChI is InChI=1S/C18H14F4N4O2/c19-10-3-5-11(6-4-10)23-17(27)13-9-16-24-12(14-2-1-7-28-14)8-15(18(20,21)22)26(16)25-13/h1-7,9,12,15,24H,8H2,(H,23,27)/t12-,15+/m0/s1. The van der Waals surface area contributed by atoms with Gasteiger partial charge in [0.1, 0.15) is 17.4 Å². The average Bonchev–Trinajstić information content (AvgIpc) is 3.31. The average molecular weight is 394 g/mol. The topological polar surface area (TPSA) is 72.1 Å². The van der Waals surface area contributed by atoms with Crippen molar-refractivity contribution in [2.24, 2.45) is 0 Å². The van der Waals surface area contributed by atoms with E-state index in [0.29, 0.717) is 11.4 Å². The summed E-state index contributed by atoms with van der Waals surface area (Å²) >= 11 is 0. The molecule has 0 saturated heterocycles. The van der Waals surface area contributed by atoms with E-state index in [-0.39, 0.29) is 17.9 Å². The first-order valence-electron chi connectivity index (χ1n) is 8.34. The van der Waals surface area contributed by atoms with E-state index >= 15 is 0 Å². The molecule has 2 aromatic heterocycles. The molecule has 0 spiro atoms. The molecule has 6 nitrogen and oxygen atoms in total. The fourth-order valence-corrected chi connectivity index (χ4v) is 3.09. The van der Waals surface area contributed by atoms with Crippen molar-refractivity contribution >= 4 is 17.4 Å². The van der Waals surface area contributed by atoms with Crippen LogP contribution < -0.4 is 10.6 Å². The molecular formula is C18H14F4N4O2. The number of furan rings is 1. The van der Waals surface area contributed by atoms with Crippen molar-refractivity contribution in [3.8, 4) is 0 Å². The molecule has 3 heterocycles. The van der Waals surface area contributed by atoms with Crippen LogP contribution in [-0.4, -0.2) is 21.9 Å². The predicted molar refractivity (Wildman–Crippen MR) is 91.4 cm³/mol. The second-order valence-corrected chi connectivity index (χ2v) is 6.33. The lowest BCUT2D eigenvalue weighted by atomic mass is 10.0. The number of hydrogen-bond acceptors (Lipinski definition) is 4. The minimum absolute atomic E-state index is 0.0548. The Kier molecular flexibility index (Phi) is 4.33. The van der Waals surface area contributed by atoms with Gasteiger partial charge in [0.05, 0.1) is 12.3 Å². The molecular weight excluding hydrogens is 380 g/mol. The molecule has 0 unspecified atom stereocenters. The molecule has 1 aromatic carbocycles. The first kappa shape index (κ1) is 18.1. The number of hydrogen-bond donors (Lipinski definition) is 2. The van der Waals surface area contributed by atoms with Gasteiger partial charge in [-0.3, -0.25) is 4.79 Å². The fourth-order valence-electron chi connectivity index (χ4n) is 3.09. The highest BCUT2D eigenvalue weighted by Gasteiger charge is 2.47. The third-order valence-electron chi connectivity index (χ3n) is 4.41. The third-order valence-corrected chi connectivity index (χ3v) is 4.41. The van der Waals surface area contributed by atoms with E-state index < -0.39 is 30.0 Å². The van der Waals surface area contributed by atoms with Crippen molar-refractivity contribution < 1.29 is 26.8 Å². The molecule has 2 N–H and O–H groups in total. The zero-order valence-electron chi connectivity index (χ0n) is 14.2. The number of amides is 1. The van der Waals surface area contributed by atoms with Crippen LogP contribution in [0.2, 0.25) is 0 Å². The van der Waals surface area contributed by atoms with Crippen LogP contribution >= 0.6 is 0 Å². The maximum absolute atomic E-state index is 13.6. The van der Waals surface area contributed by atoms with Crippen LogP contribution in [0.15, 0.2) is 53.1 Å². The van der Waals surface area contributed by atoms with Crippen molar-refractivity contribution in [2.45, 2.75) is 24.7 Å². The van der Waals surface area contributed by atoms with Crippen LogP contribution in [0.3, 0.4) is 0 Å². The van der Waals surface area contributed by atoms with Gasteiger partial charge in [-0.1, -0.05) is 0 Å². The van der Waals surface area contributed by atoms with Gasteiger partial charge < -0.3 is 15.1 Å². The summed E-state index contributed by atoms with van der Waals surface area (Å²) in [5, 5.41) is 9.25. The van der Waals surface area contributed by atoms with Gasteiger partial charge in [-0.15, -0.1) is 0 Å². The van der Waals surface area contributed by atoms with Crippen molar-refractivity contribution in [1.82, 2.24) is 9.78 Å². The Bertz CT molecular complexity index is 980. The normalized spacial score (nSPS) is 19.0. The number of anilines is 2. The zero-order valence-corrected chi connectivity index (χ0v) is 14.2. The molecule has 28 heavy (non-hydrogen) atoms. The summed E-state index contributed by atoms with van der Waals surface area (Å²) in [5.74, 6) is -0.763. The summed E-state index contributed by atoms with van der Waals surface area (Å²) in [7, 11) is 0. The molecule has 3 aromatic rings. The highest BCUT2D eigenvalue weighted by molar-refractivity contribution is 6.03. The van der Waals surface area contributed by atoms with Gasteiger partial charge in [0, 0.05) is 18.2 Å². The fraction of sp³-hybridized carbons (Fsp3) is 0.222. The van der Waals surface area contributed by atoms with Gasteiger partial charge in [-0.05, 0) is 36.4 Å². The number of carbonyl (C=O) groups is 1. The molecule has 2 atom stereocenters. The van der Waals surface area contributed by atoms with Gasteiger partial charge in [-0.25, -0.2) is 9.07 Å². The predicted octanol–water partition coefficient (Wildman–Crippen LogP) is 4.53. The Morgan fingerprint density at radius 1 is 1.25 bits per heavy atom. The Morgan fingerprint density at radius 2 is 2.00 bits per heavy atom. The first-order chi connectivity index (χ1) is 13.3. The molecule has 0 bridgehead atoms. The lowest BCUT2D eigenvalue weighted by Gasteiger charge is -2.32. The monoisotopic (exact) mass is 394 g/mol. The van der Waals surface area contributed by atoms with Gasteiger partial charge in [-0.2, -0.15) is 18.3 Å². The van der Waals surface area contributed by atoms with E-state index in [1.54, 1.807) is 12.1 Å². The number of nitrogens with one attached hydrogen (secondary N) is 2. The Morgan fingerprint density at radius 3 is 2.64 bits per heavy atom. The first-order valence-corrected chi connectivity index (χ1v) is 8.34. The van der Waals surface area contributed by atoms with Gasteiger partial charge in [0.15, 0.2) is 11.7 Å². The molecule has 146 valence electrons. The van der Waals surface area contributed by atoms with Crippen LogP contribution in [0, 0.1) is 5.82 Å². The molecule has 0 radical (unpaired) electrons. The molecule has 0 fully saturated rings. The Hall–Kier alpha value is -3.30. The molecule has 0 saturated carbocycles. The third kappa shape index (κ3) is 3.45. The number of fused-ring (bicyclic) bond motifs is 1. The van der Waals surface area contributed by atoms with Crippen molar-refractivity contribution in [2.75, 3.05) is 10.6 Å². The second-order valence-electron chi connectivity index (χ2n) is 6.33. The Labute approximate surface area is 156 Å². The molecule has 1 aliphatic rings. The minimum Gasteiger partial charge on any atom is -0.467 e.